The minimum atomic E-state index is 0.349. The first-order valence-corrected chi connectivity index (χ1v) is 9.79. The number of carbonyl (C=O) groups is 1. The van der Waals surface area contributed by atoms with Gasteiger partial charge >= 0.3 is 0 Å². The van der Waals surface area contributed by atoms with Gasteiger partial charge in [0.25, 0.3) is 0 Å². The Hall–Kier alpha value is -1.69. The quantitative estimate of drug-likeness (QED) is 0.884. The Morgan fingerprint density at radius 3 is 2.64 bits per heavy atom. The molecule has 6 heteroatoms. The molecule has 0 unspecified atom stereocenters. The maximum absolute atomic E-state index is 11.7. The van der Waals surface area contributed by atoms with Gasteiger partial charge in [0.05, 0.1) is 0 Å². The number of hydrogen-bond acceptors (Lipinski definition) is 5. The highest BCUT2D eigenvalue weighted by Gasteiger charge is 2.29. The highest BCUT2D eigenvalue weighted by molar-refractivity contribution is 5.77. The standard InChI is InChI=1S/C19H29N5O/c20-16-10-15(11-16)17-12-18(22-13-21-17)23-7-3-14(4-8-23)5-9-24-6-1-2-19(24)25/h12-16H,1-11,20H2. The average Bonchev–Trinajstić information content (AvgIpc) is 3.03. The molecule has 1 aliphatic carbocycles. The second kappa shape index (κ2) is 7.28. The van der Waals surface area contributed by atoms with Gasteiger partial charge in [0, 0.05) is 56.3 Å². The van der Waals surface area contributed by atoms with Crippen LogP contribution < -0.4 is 10.6 Å². The van der Waals surface area contributed by atoms with Crippen molar-refractivity contribution in [1.82, 2.24) is 14.9 Å². The molecule has 2 saturated heterocycles. The Labute approximate surface area is 149 Å². The van der Waals surface area contributed by atoms with Crippen LogP contribution in [0.25, 0.3) is 0 Å². The third-order valence-corrected chi connectivity index (χ3v) is 6.18. The van der Waals surface area contributed by atoms with E-state index in [-0.39, 0.29) is 0 Å². The van der Waals surface area contributed by atoms with Crippen LogP contribution in [0, 0.1) is 5.92 Å². The highest BCUT2D eigenvalue weighted by Crippen LogP contribution is 2.35. The van der Waals surface area contributed by atoms with Crippen LogP contribution in [-0.2, 0) is 4.79 Å². The molecule has 0 spiro atoms. The smallest absolute Gasteiger partial charge is 0.222 e. The first-order valence-electron chi connectivity index (χ1n) is 9.79. The molecular formula is C19H29N5O. The van der Waals surface area contributed by atoms with Crippen molar-refractivity contribution < 1.29 is 4.79 Å². The summed E-state index contributed by atoms with van der Waals surface area (Å²) in [6.07, 6.45) is 9.13. The van der Waals surface area contributed by atoms with Gasteiger partial charge in [-0.05, 0) is 44.4 Å². The zero-order chi connectivity index (χ0) is 17.2. The summed E-state index contributed by atoms with van der Waals surface area (Å²) in [6.45, 7) is 4.02. The van der Waals surface area contributed by atoms with Crippen LogP contribution in [0.2, 0.25) is 0 Å². The van der Waals surface area contributed by atoms with Crippen LogP contribution in [-0.4, -0.2) is 53.0 Å². The lowest BCUT2D eigenvalue weighted by atomic mass is 9.78. The van der Waals surface area contributed by atoms with Gasteiger partial charge in [0.2, 0.25) is 5.91 Å². The Kier molecular flexibility index (Phi) is 4.88. The second-order valence-electron chi connectivity index (χ2n) is 7.93. The largest absolute Gasteiger partial charge is 0.356 e. The van der Waals surface area contributed by atoms with E-state index in [1.165, 1.54) is 12.8 Å². The van der Waals surface area contributed by atoms with E-state index in [2.05, 4.69) is 20.9 Å². The van der Waals surface area contributed by atoms with E-state index in [0.29, 0.717) is 17.9 Å². The van der Waals surface area contributed by atoms with E-state index in [1.807, 2.05) is 4.90 Å². The number of amides is 1. The highest BCUT2D eigenvalue weighted by atomic mass is 16.2. The zero-order valence-electron chi connectivity index (χ0n) is 14.9. The molecule has 136 valence electrons. The maximum Gasteiger partial charge on any atom is 0.222 e. The number of anilines is 1. The summed E-state index contributed by atoms with van der Waals surface area (Å²) >= 11 is 0. The Balaban J connectivity index is 1.27. The molecule has 0 radical (unpaired) electrons. The first-order chi connectivity index (χ1) is 12.2. The van der Waals surface area contributed by atoms with E-state index >= 15 is 0 Å². The van der Waals surface area contributed by atoms with Crippen molar-refractivity contribution in [2.75, 3.05) is 31.1 Å². The lowest BCUT2D eigenvalue weighted by Crippen LogP contribution is -2.37. The second-order valence-corrected chi connectivity index (χ2v) is 7.93. The molecule has 2 N–H and O–H groups in total. The van der Waals surface area contributed by atoms with Gasteiger partial charge in [-0.15, -0.1) is 0 Å². The molecule has 0 atom stereocenters. The molecule has 4 rings (SSSR count). The number of rotatable bonds is 5. The monoisotopic (exact) mass is 343 g/mol. The molecule has 2 aliphatic heterocycles. The van der Waals surface area contributed by atoms with Crippen LogP contribution in [0.1, 0.15) is 56.6 Å². The van der Waals surface area contributed by atoms with E-state index in [1.54, 1.807) is 6.33 Å². The van der Waals surface area contributed by atoms with Crippen molar-refractivity contribution in [1.29, 1.82) is 0 Å². The number of hydrogen-bond donors (Lipinski definition) is 1. The number of aromatic nitrogens is 2. The van der Waals surface area contributed by atoms with E-state index in [9.17, 15) is 4.79 Å². The summed E-state index contributed by atoms with van der Waals surface area (Å²) in [7, 11) is 0. The van der Waals surface area contributed by atoms with Crippen LogP contribution in [0.15, 0.2) is 12.4 Å². The molecule has 6 nitrogen and oxygen atoms in total. The third kappa shape index (κ3) is 3.78. The number of carbonyl (C=O) groups excluding carboxylic acids is 1. The summed E-state index contributed by atoms with van der Waals surface area (Å²) in [4.78, 5) is 25.1. The normalized spacial score (nSPS) is 27.6. The Morgan fingerprint density at radius 2 is 1.96 bits per heavy atom. The molecule has 0 aromatic carbocycles. The zero-order valence-corrected chi connectivity index (χ0v) is 14.9. The van der Waals surface area contributed by atoms with Crippen molar-refractivity contribution in [2.24, 2.45) is 11.7 Å². The molecule has 3 fully saturated rings. The average molecular weight is 343 g/mol. The topological polar surface area (TPSA) is 75.3 Å². The SMILES string of the molecule is NC1CC(c2cc(N3CCC(CCN4CCCC4=O)CC3)ncn2)C1. The van der Waals surface area contributed by atoms with Gasteiger partial charge in [-0.25, -0.2) is 9.97 Å². The summed E-state index contributed by atoms with van der Waals surface area (Å²) in [6, 6.07) is 2.52. The fourth-order valence-corrected chi connectivity index (χ4v) is 4.39. The van der Waals surface area contributed by atoms with E-state index in [0.717, 1.165) is 75.7 Å². The number of piperidine rings is 1. The van der Waals surface area contributed by atoms with Crippen LogP contribution in [0.4, 0.5) is 5.82 Å². The van der Waals surface area contributed by atoms with Crippen molar-refractivity contribution in [3.63, 3.8) is 0 Å². The molecule has 1 aromatic heterocycles. The number of nitrogens with zero attached hydrogens (tertiary/aromatic N) is 4. The predicted molar refractivity (Wildman–Crippen MR) is 97.4 cm³/mol. The van der Waals surface area contributed by atoms with Crippen molar-refractivity contribution in [3.05, 3.63) is 18.1 Å². The molecule has 1 amide bonds. The molecular weight excluding hydrogens is 314 g/mol. The van der Waals surface area contributed by atoms with E-state index in [4.69, 9.17) is 5.73 Å². The summed E-state index contributed by atoms with van der Waals surface area (Å²) in [5.41, 5.74) is 7.06. The van der Waals surface area contributed by atoms with Gasteiger partial charge in [-0.1, -0.05) is 0 Å². The Bertz CT molecular complexity index is 608. The maximum atomic E-state index is 11.7. The molecule has 3 aliphatic rings. The minimum Gasteiger partial charge on any atom is -0.356 e. The summed E-state index contributed by atoms with van der Waals surface area (Å²) in [5.74, 6) is 2.67. The molecule has 25 heavy (non-hydrogen) atoms. The van der Waals surface area contributed by atoms with E-state index < -0.39 is 0 Å². The minimum absolute atomic E-state index is 0.349. The molecule has 1 aromatic rings. The lowest BCUT2D eigenvalue weighted by molar-refractivity contribution is -0.127. The number of likely N-dealkylation sites (tertiary alicyclic amines) is 1. The van der Waals surface area contributed by atoms with Crippen molar-refractivity contribution >= 4 is 11.7 Å². The summed E-state index contributed by atoms with van der Waals surface area (Å²) in [5, 5.41) is 0. The van der Waals surface area contributed by atoms with Gasteiger partial charge in [-0.2, -0.15) is 0 Å². The number of nitrogens with two attached hydrogens (primary N) is 1. The molecule has 3 heterocycles. The van der Waals surface area contributed by atoms with Crippen molar-refractivity contribution in [2.45, 2.75) is 56.9 Å². The van der Waals surface area contributed by atoms with Crippen LogP contribution in [0.5, 0.6) is 0 Å². The molecule has 1 saturated carbocycles. The molecule has 0 bridgehead atoms. The fraction of sp³-hybridized carbons (Fsp3) is 0.737. The predicted octanol–water partition coefficient (Wildman–Crippen LogP) is 1.91. The van der Waals surface area contributed by atoms with Crippen LogP contribution in [0.3, 0.4) is 0 Å². The van der Waals surface area contributed by atoms with Gasteiger partial charge in [0.1, 0.15) is 12.1 Å². The van der Waals surface area contributed by atoms with Gasteiger partial charge < -0.3 is 15.5 Å². The lowest BCUT2D eigenvalue weighted by Gasteiger charge is -2.35. The Morgan fingerprint density at radius 1 is 1.16 bits per heavy atom. The van der Waals surface area contributed by atoms with Gasteiger partial charge in [0.15, 0.2) is 0 Å². The first kappa shape index (κ1) is 16.8. The van der Waals surface area contributed by atoms with Crippen molar-refractivity contribution in [3.8, 4) is 0 Å². The fourth-order valence-electron chi connectivity index (χ4n) is 4.39. The third-order valence-electron chi connectivity index (χ3n) is 6.18. The van der Waals surface area contributed by atoms with Gasteiger partial charge in [-0.3, -0.25) is 4.79 Å². The summed E-state index contributed by atoms with van der Waals surface area (Å²) < 4.78 is 0. The van der Waals surface area contributed by atoms with Crippen LogP contribution >= 0.6 is 0 Å².